The number of carbonyl (C=O) groups excluding carboxylic acids is 1. The lowest BCUT2D eigenvalue weighted by Crippen LogP contribution is -1.93. The van der Waals surface area contributed by atoms with Gasteiger partial charge >= 0.3 is 0 Å². The van der Waals surface area contributed by atoms with Crippen LogP contribution in [0.2, 0.25) is 0 Å². The Labute approximate surface area is 95.8 Å². The van der Waals surface area contributed by atoms with Crippen molar-refractivity contribution in [2.75, 3.05) is 18.1 Å². The summed E-state index contributed by atoms with van der Waals surface area (Å²) in [7, 11) is 1.66. The van der Waals surface area contributed by atoms with E-state index < -0.39 is 0 Å². The van der Waals surface area contributed by atoms with Crippen LogP contribution < -0.4 is 11.1 Å². The van der Waals surface area contributed by atoms with Gasteiger partial charge in [-0.1, -0.05) is 13.3 Å². The molecule has 0 aliphatic carbocycles. The van der Waals surface area contributed by atoms with Crippen LogP contribution in [0.25, 0.3) is 0 Å². The Morgan fingerprint density at radius 3 is 2.56 bits per heavy atom. The third-order valence-corrected chi connectivity index (χ3v) is 1.94. The maximum atomic E-state index is 12.7. The predicted molar refractivity (Wildman–Crippen MR) is 65.9 cm³/mol. The minimum atomic E-state index is -0.317. The Bertz CT molecular complexity index is 316. The second-order valence-electron chi connectivity index (χ2n) is 3.30. The fraction of sp³-hybridized carbons (Fsp3) is 0.417. The highest BCUT2D eigenvalue weighted by Crippen LogP contribution is 2.15. The number of halogens is 1. The Morgan fingerprint density at radius 2 is 2.19 bits per heavy atom. The first kappa shape index (κ1) is 14.4. The van der Waals surface area contributed by atoms with Crippen molar-refractivity contribution in [1.29, 1.82) is 0 Å². The van der Waals surface area contributed by atoms with Crippen LogP contribution >= 0.6 is 0 Å². The van der Waals surface area contributed by atoms with Gasteiger partial charge < -0.3 is 15.8 Å². The van der Waals surface area contributed by atoms with E-state index in [0.29, 0.717) is 11.4 Å². The quantitative estimate of drug-likeness (QED) is 0.471. The summed E-state index contributed by atoms with van der Waals surface area (Å²) in [6.07, 6.45) is 3.86. The summed E-state index contributed by atoms with van der Waals surface area (Å²) in [6.45, 7) is 2.07. The van der Waals surface area contributed by atoms with Crippen molar-refractivity contribution in [1.82, 2.24) is 0 Å². The molecule has 0 saturated carbocycles. The number of nitrogens with two attached hydrogens (primary N) is 1. The SMILES string of the molecule is CCCCC=O.CNc1ccc(N)cc1F. The molecule has 3 nitrogen and oxygen atoms in total. The van der Waals surface area contributed by atoms with E-state index >= 15 is 0 Å². The minimum Gasteiger partial charge on any atom is -0.399 e. The van der Waals surface area contributed by atoms with Gasteiger partial charge in [-0.25, -0.2) is 4.39 Å². The summed E-state index contributed by atoms with van der Waals surface area (Å²) >= 11 is 0. The first-order valence-electron chi connectivity index (χ1n) is 5.32. The summed E-state index contributed by atoms with van der Waals surface area (Å²) < 4.78 is 12.7. The average Bonchev–Trinajstić information content (AvgIpc) is 2.27. The Balaban J connectivity index is 0.000000325. The van der Waals surface area contributed by atoms with Crippen molar-refractivity contribution in [2.24, 2.45) is 0 Å². The molecule has 0 unspecified atom stereocenters. The molecule has 3 N–H and O–H groups in total. The van der Waals surface area contributed by atoms with Gasteiger partial charge in [0.25, 0.3) is 0 Å². The fourth-order valence-electron chi connectivity index (χ4n) is 1.02. The number of carbonyl (C=O) groups is 1. The maximum absolute atomic E-state index is 12.7. The number of anilines is 2. The minimum absolute atomic E-state index is 0.317. The van der Waals surface area contributed by atoms with Crippen molar-refractivity contribution in [3.8, 4) is 0 Å². The second kappa shape index (κ2) is 8.71. The molecule has 0 amide bonds. The molecule has 1 rings (SSSR count). The van der Waals surface area contributed by atoms with Gasteiger partial charge in [-0.3, -0.25) is 0 Å². The highest BCUT2D eigenvalue weighted by molar-refractivity contribution is 5.52. The van der Waals surface area contributed by atoms with E-state index in [-0.39, 0.29) is 5.82 Å². The van der Waals surface area contributed by atoms with Crippen LogP contribution in [-0.4, -0.2) is 13.3 Å². The lowest BCUT2D eigenvalue weighted by molar-refractivity contribution is -0.107. The van der Waals surface area contributed by atoms with E-state index in [0.717, 1.165) is 25.5 Å². The largest absolute Gasteiger partial charge is 0.399 e. The first-order valence-corrected chi connectivity index (χ1v) is 5.32. The average molecular weight is 226 g/mol. The number of unbranched alkanes of at least 4 members (excludes halogenated alkanes) is 2. The fourth-order valence-corrected chi connectivity index (χ4v) is 1.02. The van der Waals surface area contributed by atoms with Gasteiger partial charge in [-0.15, -0.1) is 0 Å². The van der Waals surface area contributed by atoms with Crippen molar-refractivity contribution >= 4 is 17.7 Å². The van der Waals surface area contributed by atoms with Crippen LogP contribution in [0.15, 0.2) is 18.2 Å². The third-order valence-electron chi connectivity index (χ3n) is 1.94. The zero-order valence-electron chi connectivity index (χ0n) is 9.79. The van der Waals surface area contributed by atoms with E-state index in [1.165, 1.54) is 6.07 Å². The normalized spacial score (nSPS) is 8.94. The summed E-state index contributed by atoms with van der Waals surface area (Å²) in [5.74, 6) is -0.317. The summed E-state index contributed by atoms with van der Waals surface area (Å²) in [6, 6.07) is 4.53. The maximum Gasteiger partial charge on any atom is 0.148 e. The van der Waals surface area contributed by atoms with Gasteiger partial charge in [0, 0.05) is 19.2 Å². The second-order valence-corrected chi connectivity index (χ2v) is 3.30. The van der Waals surface area contributed by atoms with E-state index in [1.54, 1.807) is 19.2 Å². The Kier molecular flexibility index (Phi) is 7.85. The molecule has 1 aromatic carbocycles. The van der Waals surface area contributed by atoms with Crippen molar-refractivity contribution in [3.05, 3.63) is 24.0 Å². The van der Waals surface area contributed by atoms with Crippen LogP contribution in [0.3, 0.4) is 0 Å². The summed E-state index contributed by atoms with van der Waals surface area (Å²) in [5.41, 5.74) is 6.22. The van der Waals surface area contributed by atoms with Crippen LogP contribution in [0.5, 0.6) is 0 Å². The highest BCUT2D eigenvalue weighted by atomic mass is 19.1. The third kappa shape index (κ3) is 6.01. The van der Waals surface area contributed by atoms with E-state index in [1.807, 2.05) is 0 Å². The van der Waals surface area contributed by atoms with E-state index in [4.69, 9.17) is 5.73 Å². The molecular weight excluding hydrogens is 207 g/mol. The monoisotopic (exact) mass is 226 g/mol. The number of hydrogen-bond donors (Lipinski definition) is 2. The van der Waals surface area contributed by atoms with Crippen LogP contribution in [0, 0.1) is 5.82 Å². The number of nitrogen functional groups attached to an aromatic ring is 1. The zero-order valence-corrected chi connectivity index (χ0v) is 9.79. The summed E-state index contributed by atoms with van der Waals surface area (Å²) in [5, 5.41) is 2.69. The first-order chi connectivity index (χ1) is 7.65. The molecule has 4 heteroatoms. The molecule has 0 saturated heterocycles. The van der Waals surface area contributed by atoms with Crippen molar-refractivity contribution in [3.63, 3.8) is 0 Å². The number of hydrogen-bond acceptors (Lipinski definition) is 3. The number of aldehydes is 1. The molecule has 16 heavy (non-hydrogen) atoms. The molecule has 0 spiro atoms. The van der Waals surface area contributed by atoms with Crippen molar-refractivity contribution in [2.45, 2.75) is 26.2 Å². The molecule has 0 aliphatic heterocycles. The Hall–Kier alpha value is -1.58. The van der Waals surface area contributed by atoms with Gasteiger partial charge in [0.2, 0.25) is 0 Å². The highest BCUT2D eigenvalue weighted by Gasteiger charge is 1.97. The molecule has 0 heterocycles. The van der Waals surface area contributed by atoms with Crippen LogP contribution in [-0.2, 0) is 4.79 Å². The number of rotatable bonds is 4. The van der Waals surface area contributed by atoms with Gasteiger partial charge in [0.05, 0.1) is 5.69 Å². The van der Waals surface area contributed by atoms with E-state index in [9.17, 15) is 9.18 Å². The molecule has 0 radical (unpaired) electrons. The zero-order chi connectivity index (χ0) is 12.4. The standard InChI is InChI=1S/C7H9FN2.C5H10O/c1-10-7-3-2-5(9)4-6(7)8;1-2-3-4-5-6/h2-4,10H,9H2,1H3;5H,2-4H2,1H3. The molecule has 0 aromatic heterocycles. The van der Waals surface area contributed by atoms with Gasteiger partial charge in [0.1, 0.15) is 12.1 Å². The van der Waals surface area contributed by atoms with Crippen LogP contribution in [0.1, 0.15) is 26.2 Å². The van der Waals surface area contributed by atoms with Gasteiger partial charge in [-0.05, 0) is 24.6 Å². The van der Waals surface area contributed by atoms with Crippen LogP contribution in [0.4, 0.5) is 15.8 Å². The predicted octanol–water partition coefficient (Wildman–Crippen LogP) is 2.83. The van der Waals surface area contributed by atoms with E-state index in [2.05, 4.69) is 12.2 Å². The van der Waals surface area contributed by atoms with Gasteiger partial charge in [-0.2, -0.15) is 0 Å². The lowest BCUT2D eigenvalue weighted by atomic mass is 10.3. The molecule has 0 bridgehead atoms. The smallest absolute Gasteiger partial charge is 0.148 e. The number of benzene rings is 1. The Morgan fingerprint density at radius 1 is 1.50 bits per heavy atom. The lowest BCUT2D eigenvalue weighted by Gasteiger charge is -2.00. The molecule has 90 valence electrons. The summed E-state index contributed by atoms with van der Waals surface area (Å²) in [4.78, 5) is 9.56. The number of nitrogens with one attached hydrogen (secondary N) is 1. The van der Waals surface area contributed by atoms with Crippen molar-refractivity contribution < 1.29 is 9.18 Å². The topological polar surface area (TPSA) is 55.1 Å². The molecule has 1 aromatic rings. The van der Waals surface area contributed by atoms with Gasteiger partial charge in [0.15, 0.2) is 0 Å². The molecular formula is C12H19FN2O. The molecule has 0 aliphatic rings. The molecule has 0 fully saturated rings. The molecule has 0 atom stereocenters.